The predicted octanol–water partition coefficient (Wildman–Crippen LogP) is 3.08. The van der Waals surface area contributed by atoms with Gasteiger partial charge in [0.05, 0.1) is 25.5 Å². The maximum absolute atomic E-state index is 11.7. The molecule has 2 aliphatic heterocycles. The summed E-state index contributed by atoms with van der Waals surface area (Å²) in [5.74, 6) is 1.70. The lowest BCUT2D eigenvalue weighted by molar-refractivity contribution is 0.0194. The molecule has 1 atom stereocenters. The highest BCUT2D eigenvalue weighted by Crippen LogP contribution is 2.19. The van der Waals surface area contributed by atoms with Gasteiger partial charge in [0.1, 0.15) is 12.4 Å². The number of benzene rings is 1. The van der Waals surface area contributed by atoms with Crippen LogP contribution in [0.1, 0.15) is 30.6 Å². The van der Waals surface area contributed by atoms with Crippen molar-refractivity contribution in [2.75, 3.05) is 37.7 Å². The predicted molar refractivity (Wildman–Crippen MR) is 118 cm³/mol. The summed E-state index contributed by atoms with van der Waals surface area (Å²) in [5, 5.41) is 6.80. The summed E-state index contributed by atoms with van der Waals surface area (Å²) in [7, 11) is 0. The molecule has 31 heavy (non-hydrogen) atoms. The van der Waals surface area contributed by atoms with E-state index in [0.717, 1.165) is 61.9 Å². The van der Waals surface area contributed by atoms with Gasteiger partial charge in [0.2, 0.25) is 0 Å². The number of carbonyl (C=O) groups is 1. The normalized spacial score (nSPS) is 19.4. The summed E-state index contributed by atoms with van der Waals surface area (Å²) >= 11 is 0. The Balaban J connectivity index is 1.33. The molecule has 2 N–H and O–H groups in total. The Morgan fingerprint density at radius 1 is 1.13 bits per heavy atom. The van der Waals surface area contributed by atoms with Gasteiger partial charge in [-0.2, -0.15) is 0 Å². The van der Waals surface area contributed by atoms with Crippen molar-refractivity contribution in [2.45, 2.75) is 38.3 Å². The van der Waals surface area contributed by atoms with Crippen molar-refractivity contribution in [3.05, 3.63) is 54.0 Å². The first kappa shape index (κ1) is 21.2. The number of aliphatic imine (C=N–C) groups is 1. The number of cyclic esters (lactones) is 1. The molecule has 166 valence electrons. The van der Waals surface area contributed by atoms with Gasteiger partial charge in [-0.05, 0) is 49.1 Å². The van der Waals surface area contributed by atoms with Gasteiger partial charge in [0, 0.05) is 31.8 Å². The second-order valence-corrected chi connectivity index (χ2v) is 7.72. The van der Waals surface area contributed by atoms with E-state index in [9.17, 15) is 4.79 Å². The number of carbonyl (C=O) groups excluding carboxylic acids is 1. The van der Waals surface area contributed by atoms with Crippen LogP contribution in [0.4, 0.5) is 10.5 Å². The van der Waals surface area contributed by atoms with Gasteiger partial charge in [0.25, 0.3) is 0 Å². The Hall–Kier alpha value is -3.00. The molecule has 2 saturated heterocycles. The van der Waals surface area contributed by atoms with E-state index in [0.29, 0.717) is 19.7 Å². The van der Waals surface area contributed by atoms with E-state index in [-0.39, 0.29) is 12.2 Å². The minimum absolute atomic E-state index is 0.227. The molecule has 0 spiro atoms. The Morgan fingerprint density at radius 3 is 2.74 bits per heavy atom. The molecule has 2 fully saturated rings. The molecule has 0 aliphatic carbocycles. The third-order valence-electron chi connectivity index (χ3n) is 5.44. The molecule has 1 aromatic carbocycles. The number of rotatable bonds is 8. The van der Waals surface area contributed by atoms with Crippen LogP contribution in [0.2, 0.25) is 0 Å². The molecule has 3 heterocycles. The third-order valence-corrected chi connectivity index (χ3v) is 5.44. The molecule has 0 saturated carbocycles. The molecule has 1 amide bonds. The van der Waals surface area contributed by atoms with Crippen molar-refractivity contribution in [3.63, 3.8) is 0 Å². The fourth-order valence-corrected chi connectivity index (χ4v) is 3.69. The highest BCUT2D eigenvalue weighted by atomic mass is 16.6. The number of hydrogen-bond acceptors (Lipinski definition) is 5. The molecular weight excluding hydrogens is 396 g/mol. The van der Waals surface area contributed by atoms with E-state index < -0.39 is 0 Å². The lowest BCUT2D eigenvalue weighted by Gasteiger charge is -2.23. The van der Waals surface area contributed by atoms with Gasteiger partial charge in [-0.1, -0.05) is 12.1 Å². The molecule has 1 aromatic heterocycles. The van der Waals surface area contributed by atoms with Gasteiger partial charge in [-0.25, -0.2) is 9.79 Å². The van der Waals surface area contributed by atoms with Crippen molar-refractivity contribution in [1.82, 2.24) is 10.6 Å². The molecule has 2 aromatic rings. The van der Waals surface area contributed by atoms with Crippen LogP contribution in [-0.2, 0) is 22.4 Å². The molecular formula is C23H30N4O4. The van der Waals surface area contributed by atoms with Crippen LogP contribution in [0.3, 0.4) is 0 Å². The van der Waals surface area contributed by atoms with Crippen LogP contribution in [0.25, 0.3) is 0 Å². The molecule has 2 aliphatic rings. The second kappa shape index (κ2) is 10.9. The van der Waals surface area contributed by atoms with Gasteiger partial charge in [-0.3, -0.25) is 4.90 Å². The summed E-state index contributed by atoms with van der Waals surface area (Å²) in [4.78, 5) is 18.1. The van der Waals surface area contributed by atoms with E-state index in [1.54, 1.807) is 11.2 Å². The summed E-state index contributed by atoms with van der Waals surface area (Å²) in [6.07, 6.45) is 5.84. The van der Waals surface area contributed by atoms with E-state index in [1.165, 1.54) is 6.42 Å². The Kier molecular flexibility index (Phi) is 7.44. The molecule has 4 rings (SSSR count). The summed E-state index contributed by atoms with van der Waals surface area (Å²) in [5.41, 5.74) is 1.91. The van der Waals surface area contributed by atoms with Crippen molar-refractivity contribution in [3.8, 4) is 0 Å². The van der Waals surface area contributed by atoms with Crippen LogP contribution in [-0.4, -0.2) is 51.0 Å². The molecule has 1 unspecified atom stereocenters. The monoisotopic (exact) mass is 426 g/mol. The topological polar surface area (TPSA) is 88.3 Å². The van der Waals surface area contributed by atoms with Crippen molar-refractivity contribution < 1.29 is 18.7 Å². The zero-order chi connectivity index (χ0) is 21.3. The molecule has 0 radical (unpaired) electrons. The zero-order valence-corrected chi connectivity index (χ0v) is 17.7. The number of nitrogens with one attached hydrogen (secondary N) is 2. The van der Waals surface area contributed by atoms with E-state index in [1.807, 2.05) is 36.4 Å². The minimum atomic E-state index is -0.289. The smallest absolute Gasteiger partial charge is 0.414 e. The first-order chi connectivity index (χ1) is 15.3. The lowest BCUT2D eigenvalue weighted by atomic mass is 10.1. The fraction of sp³-hybridized carbons (Fsp3) is 0.478. The van der Waals surface area contributed by atoms with Crippen LogP contribution in [0.15, 0.2) is 52.1 Å². The highest BCUT2D eigenvalue weighted by molar-refractivity contribution is 5.89. The van der Waals surface area contributed by atoms with Gasteiger partial charge in [0.15, 0.2) is 5.96 Å². The average Bonchev–Trinajstić information content (AvgIpc) is 3.48. The Bertz CT molecular complexity index is 845. The number of nitrogens with zero attached hydrogens (tertiary/aromatic N) is 2. The standard InChI is InChI=1S/C23H30N4O4/c28-23-27(12-15-31-23)19-8-6-18(7-9-19)16-25-22(24-11-10-20-5-3-14-29-20)26-17-21-4-1-2-13-30-21/h3,5-9,14,21H,1-2,4,10-13,15-17H2,(H2,24,25,26). The quantitative estimate of drug-likeness (QED) is 0.498. The number of hydrogen-bond donors (Lipinski definition) is 2. The molecule has 8 nitrogen and oxygen atoms in total. The van der Waals surface area contributed by atoms with Crippen molar-refractivity contribution in [2.24, 2.45) is 4.99 Å². The first-order valence-corrected chi connectivity index (χ1v) is 11.0. The SMILES string of the molecule is O=C1OCCN1c1ccc(CN=C(NCCc2ccco2)NCC2CCCCO2)cc1. The van der Waals surface area contributed by atoms with E-state index >= 15 is 0 Å². The molecule has 0 bridgehead atoms. The largest absolute Gasteiger partial charge is 0.469 e. The van der Waals surface area contributed by atoms with Gasteiger partial charge in [-0.15, -0.1) is 0 Å². The summed E-state index contributed by atoms with van der Waals surface area (Å²) in [6.45, 7) is 3.86. The maximum atomic E-state index is 11.7. The minimum Gasteiger partial charge on any atom is -0.469 e. The maximum Gasteiger partial charge on any atom is 0.414 e. The average molecular weight is 427 g/mol. The zero-order valence-electron chi connectivity index (χ0n) is 17.7. The fourth-order valence-electron chi connectivity index (χ4n) is 3.69. The lowest BCUT2D eigenvalue weighted by Crippen LogP contribution is -2.43. The Labute approximate surface area is 182 Å². The number of ether oxygens (including phenoxy) is 2. The van der Waals surface area contributed by atoms with Crippen molar-refractivity contribution >= 4 is 17.7 Å². The van der Waals surface area contributed by atoms with E-state index in [2.05, 4.69) is 10.6 Å². The number of amides is 1. The highest BCUT2D eigenvalue weighted by Gasteiger charge is 2.23. The number of furan rings is 1. The van der Waals surface area contributed by atoms with Crippen LogP contribution < -0.4 is 15.5 Å². The van der Waals surface area contributed by atoms with Crippen molar-refractivity contribution in [1.29, 1.82) is 0 Å². The second-order valence-electron chi connectivity index (χ2n) is 7.72. The van der Waals surface area contributed by atoms with Crippen LogP contribution in [0, 0.1) is 0 Å². The number of anilines is 1. The number of guanidine groups is 1. The summed E-state index contributed by atoms with van der Waals surface area (Å²) < 4.78 is 16.2. The van der Waals surface area contributed by atoms with Gasteiger partial charge >= 0.3 is 6.09 Å². The van der Waals surface area contributed by atoms with Gasteiger partial charge < -0.3 is 24.5 Å². The van der Waals surface area contributed by atoms with Crippen LogP contribution in [0.5, 0.6) is 0 Å². The third kappa shape index (κ3) is 6.24. The first-order valence-electron chi connectivity index (χ1n) is 11.0. The molecule has 8 heteroatoms. The van der Waals surface area contributed by atoms with Crippen LogP contribution >= 0.6 is 0 Å². The Morgan fingerprint density at radius 2 is 2.03 bits per heavy atom. The van der Waals surface area contributed by atoms with E-state index in [4.69, 9.17) is 18.9 Å². The summed E-state index contributed by atoms with van der Waals surface area (Å²) in [6, 6.07) is 11.7.